The molecule has 0 bridgehead atoms. The number of aromatic hydroxyl groups is 2. The van der Waals surface area contributed by atoms with Crippen LogP contribution in [0.15, 0.2) is 39.8 Å². The third-order valence-corrected chi connectivity index (χ3v) is 5.79. The maximum atomic E-state index is 12.6. The van der Waals surface area contributed by atoms with Crippen molar-refractivity contribution in [1.29, 1.82) is 0 Å². The van der Waals surface area contributed by atoms with Gasteiger partial charge in [-0.1, -0.05) is 11.6 Å². The summed E-state index contributed by atoms with van der Waals surface area (Å²) in [6.07, 6.45) is -1.15. The number of aliphatic carboxylic acids is 1. The molecule has 1 aliphatic rings. The number of hydrogen-bond acceptors (Lipinski definition) is 9. The first kappa shape index (κ1) is 27.0. The summed E-state index contributed by atoms with van der Waals surface area (Å²) in [5.74, 6) is -2.76. The smallest absolute Gasteiger partial charge is 0.305 e. The zero-order valence-electron chi connectivity index (χ0n) is 18.6. The Hall–Kier alpha value is -3.55. The number of phenols is 2. The molecule has 2 aromatic rings. The fraction of sp³-hybridized carbons (Fsp3) is 0.273. The number of aliphatic hydroxyl groups is 1. The Bertz CT molecular complexity index is 1210. The van der Waals surface area contributed by atoms with Crippen LogP contribution in [0.1, 0.15) is 28.4 Å². The Morgan fingerprint density at radius 2 is 1.94 bits per heavy atom. The summed E-state index contributed by atoms with van der Waals surface area (Å²) < 4.78 is 0.224. The molecule has 2 aromatic carbocycles. The van der Waals surface area contributed by atoms with E-state index in [1.165, 1.54) is 30.3 Å². The summed E-state index contributed by atoms with van der Waals surface area (Å²) in [6, 6.07) is 5.62. The van der Waals surface area contributed by atoms with Crippen molar-refractivity contribution in [1.82, 2.24) is 16.0 Å². The van der Waals surface area contributed by atoms with E-state index in [-0.39, 0.29) is 38.7 Å². The quantitative estimate of drug-likeness (QED) is 0.226. The number of phenolic OH excluding ortho intramolecular Hbond substituents is 2. The first-order valence-corrected chi connectivity index (χ1v) is 11.7. The van der Waals surface area contributed by atoms with Gasteiger partial charge in [0.15, 0.2) is 5.96 Å². The second-order valence-corrected chi connectivity index (χ2v) is 9.13. The molecule has 2 atom stereocenters. The van der Waals surface area contributed by atoms with E-state index in [9.17, 15) is 34.8 Å². The second kappa shape index (κ2) is 11.9. The molecule has 1 unspecified atom stereocenters. The Balaban J connectivity index is 1.66. The summed E-state index contributed by atoms with van der Waals surface area (Å²) in [5, 5.41) is 49.8. The molecule has 192 valence electrons. The zero-order chi connectivity index (χ0) is 26.4. The molecule has 0 saturated heterocycles. The molecule has 0 fully saturated rings. The van der Waals surface area contributed by atoms with Crippen molar-refractivity contribution in [2.75, 3.05) is 25.0 Å². The maximum absolute atomic E-state index is 12.6. The monoisotopic (exact) mass is 583 g/mol. The normalized spacial score (nSPS) is 15.8. The van der Waals surface area contributed by atoms with Crippen molar-refractivity contribution in [3.8, 4) is 11.5 Å². The minimum Gasteiger partial charge on any atom is -0.508 e. The number of halogens is 2. The number of nitrogens with one attached hydrogen (secondary N) is 4. The van der Waals surface area contributed by atoms with Gasteiger partial charge in [-0.2, -0.15) is 0 Å². The molecule has 8 N–H and O–H groups in total. The van der Waals surface area contributed by atoms with Crippen molar-refractivity contribution >= 4 is 57.0 Å². The molecule has 2 amide bonds. The molecule has 12 nitrogen and oxygen atoms in total. The number of carbonyl (C=O) groups excluding carboxylic acids is 2. The van der Waals surface area contributed by atoms with Crippen molar-refractivity contribution in [3.63, 3.8) is 0 Å². The number of aliphatic hydroxyl groups excluding tert-OH is 1. The number of β-amino-alcohol motifs (C(OH)–C–C–N with tert-alkyl or cyclic N) is 1. The third kappa shape index (κ3) is 7.47. The first-order chi connectivity index (χ1) is 17.0. The van der Waals surface area contributed by atoms with Crippen LogP contribution in [-0.4, -0.2) is 69.9 Å². The van der Waals surface area contributed by atoms with E-state index < -0.39 is 42.9 Å². The minimum atomic E-state index is -1.23. The van der Waals surface area contributed by atoms with Gasteiger partial charge in [0.1, 0.15) is 11.5 Å². The number of guanidine groups is 1. The topological polar surface area (TPSA) is 193 Å². The molecule has 0 radical (unpaired) electrons. The highest BCUT2D eigenvalue weighted by molar-refractivity contribution is 9.10. The number of aliphatic imine (C=N–C) groups is 1. The molecule has 0 aromatic heterocycles. The van der Waals surface area contributed by atoms with E-state index in [0.717, 1.165) is 0 Å². The lowest BCUT2D eigenvalue weighted by atomic mass is 10.0. The number of carbonyl (C=O) groups is 3. The summed E-state index contributed by atoms with van der Waals surface area (Å²) >= 11 is 9.12. The number of rotatable bonds is 8. The van der Waals surface area contributed by atoms with E-state index in [0.29, 0.717) is 18.2 Å². The van der Waals surface area contributed by atoms with E-state index in [1.807, 2.05) is 0 Å². The highest BCUT2D eigenvalue weighted by atomic mass is 79.9. The molecule has 1 aliphatic heterocycles. The van der Waals surface area contributed by atoms with Gasteiger partial charge in [0, 0.05) is 34.4 Å². The Kier molecular flexibility index (Phi) is 8.96. The summed E-state index contributed by atoms with van der Waals surface area (Å²) in [4.78, 5) is 40.5. The maximum Gasteiger partial charge on any atom is 0.305 e. The summed E-state index contributed by atoms with van der Waals surface area (Å²) in [7, 11) is 0. The van der Waals surface area contributed by atoms with Gasteiger partial charge in [0.25, 0.3) is 5.91 Å². The zero-order valence-corrected chi connectivity index (χ0v) is 20.9. The minimum absolute atomic E-state index is 0.0419. The van der Waals surface area contributed by atoms with Gasteiger partial charge in [-0.25, -0.2) is 0 Å². The SMILES string of the molecule is O=C(O)C[C@@H](NC(=O)CNC(=O)c1cc(O)cc(NC2=NCC(O)CN2)c1)c1cc(Cl)cc(Br)c1O. The van der Waals surface area contributed by atoms with Crippen molar-refractivity contribution in [2.45, 2.75) is 18.6 Å². The van der Waals surface area contributed by atoms with Crippen molar-refractivity contribution < 1.29 is 34.8 Å². The number of benzene rings is 2. The summed E-state index contributed by atoms with van der Waals surface area (Å²) in [6.45, 7) is -0.0225. The van der Waals surface area contributed by atoms with Gasteiger partial charge in [-0.3, -0.25) is 19.4 Å². The average molecular weight is 585 g/mol. The van der Waals surface area contributed by atoms with Crippen LogP contribution >= 0.6 is 27.5 Å². The number of amides is 2. The van der Waals surface area contributed by atoms with Gasteiger partial charge in [0.2, 0.25) is 5.91 Å². The number of carboxylic acids is 1. The Labute approximate surface area is 218 Å². The Morgan fingerprint density at radius 3 is 2.61 bits per heavy atom. The van der Waals surface area contributed by atoms with Gasteiger partial charge < -0.3 is 41.7 Å². The molecule has 0 saturated carbocycles. The van der Waals surface area contributed by atoms with Gasteiger partial charge in [0.05, 0.1) is 36.1 Å². The predicted octanol–water partition coefficient (Wildman–Crippen LogP) is 1.31. The largest absolute Gasteiger partial charge is 0.508 e. The third-order valence-electron chi connectivity index (χ3n) is 4.96. The van der Waals surface area contributed by atoms with Crippen LogP contribution in [0.4, 0.5) is 5.69 Å². The standard InChI is InChI=1S/C22H23BrClN5O7/c23-16-4-11(24)3-15(20(16)35)17(6-19(33)34)29-18(32)9-25-21(36)10-1-12(5-13(30)2-10)28-22-26-7-14(31)8-27-22/h1-5,14,17,30-31,35H,6-9H2,(H,25,36)(H,29,32)(H,33,34)(H2,26,27,28)/t17-/m1/s1. The van der Waals surface area contributed by atoms with E-state index in [4.69, 9.17) is 11.6 Å². The molecule has 36 heavy (non-hydrogen) atoms. The molecular formula is C22H23BrClN5O7. The molecule has 1 heterocycles. The fourth-order valence-corrected chi connectivity index (χ4v) is 4.17. The van der Waals surface area contributed by atoms with E-state index in [2.05, 4.69) is 42.2 Å². The van der Waals surface area contributed by atoms with Crippen LogP contribution in [0.5, 0.6) is 11.5 Å². The lowest BCUT2D eigenvalue weighted by Crippen LogP contribution is -2.42. The lowest BCUT2D eigenvalue weighted by molar-refractivity contribution is -0.137. The number of anilines is 1. The number of nitrogens with zero attached hydrogens (tertiary/aromatic N) is 1. The van der Waals surface area contributed by atoms with Crippen LogP contribution in [-0.2, 0) is 9.59 Å². The van der Waals surface area contributed by atoms with Gasteiger partial charge >= 0.3 is 5.97 Å². The predicted molar refractivity (Wildman–Crippen MR) is 134 cm³/mol. The highest BCUT2D eigenvalue weighted by Gasteiger charge is 2.23. The fourth-order valence-electron chi connectivity index (χ4n) is 3.34. The number of hydrogen-bond donors (Lipinski definition) is 8. The molecule has 14 heteroatoms. The van der Waals surface area contributed by atoms with E-state index >= 15 is 0 Å². The van der Waals surface area contributed by atoms with Crippen LogP contribution in [0.25, 0.3) is 0 Å². The highest BCUT2D eigenvalue weighted by Crippen LogP contribution is 2.36. The number of carboxylic acid groups (broad SMARTS) is 1. The van der Waals surface area contributed by atoms with Crippen molar-refractivity contribution in [3.05, 3.63) is 51.0 Å². The van der Waals surface area contributed by atoms with Crippen LogP contribution in [0.3, 0.4) is 0 Å². The Morgan fingerprint density at radius 1 is 1.19 bits per heavy atom. The second-order valence-electron chi connectivity index (χ2n) is 7.84. The molecule has 0 spiro atoms. The molecular weight excluding hydrogens is 562 g/mol. The first-order valence-electron chi connectivity index (χ1n) is 10.6. The molecule has 3 rings (SSSR count). The average Bonchev–Trinajstić information content (AvgIpc) is 2.80. The van der Waals surface area contributed by atoms with Crippen LogP contribution in [0, 0.1) is 0 Å². The van der Waals surface area contributed by atoms with Gasteiger partial charge in [-0.05, 0) is 40.2 Å². The summed E-state index contributed by atoms with van der Waals surface area (Å²) in [5.41, 5.74) is 0.475. The van der Waals surface area contributed by atoms with E-state index in [1.54, 1.807) is 0 Å². The van der Waals surface area contributed by atoms with Crippen LogP contribution < -0.4 is 21.3 Å². The van der Waals surface area contributed by atoms with Crippen LogP contribution in [0.2, 0.25) is 5.02 Å². The van der Waals surface area contributed by atoms with Gasteiger partial charge in [-0.15, -0.1) is 0 Å². The lowest BCUT2D eigenvalue weighted by Gasteiger charge is -2.20. The molecule has 0 aliphatic carbocycles. The van der Waals surface area contributed by atoms with Crippen molar-refractivity contribution in [2.24, 2.45) is 4.99 Å².